The van der Waals surface area contributed by atoms with Gasteiger partial charge in [-0.3, -0.25) is 4.79 Å². The smallest absolute Gasteiger partial charge is 0.243 e. The van der Waals surface area contributed by atoms with Gasteiger partial charge in [-0.25, -0.2) is 0 Å². The summed E-state index contributed by atoms with van der Waals surface area (Å²) in [6.45, 7) is 1.76. The van der Waals surface area contributed by atoms with Crippen LogP contribution in [0.3, 0.4) is 0 Å². The minimum atomic E-state index is -0.499. The van der Waals surface area contributed by atoms with Gasteiger partial charge in [-0.05, 0) is 12.5 Å². The van der Waals surface area contributed by atoms with E-state index in [1.165, 1.54) is 23.1 Å². The molecule has 0 fully saturated rings. The van der Waals surface area contributed by atoms with Gasteiger partial charge in [-0.1, -0.05) is 58.6 Å². The van der Waals surface area contributed by atoms with Crippen molar-refractivity contribution in [1.82, 2.24) is 15.4 Å². The summed E-state index contributed by atoms with van der Waals surface area (Å²) in [6, 6.07) is 11.1. The van der Waals surface area contributed by atoms with Gasteiger partial charge >= 0.3 is 0 Å². The van der Waals surface area contributed by atoms with Crippen molar-refractivity contribution in [2.75, 3.05) is 11.1 Å². The van der Waals surface area contributed by atoms with Gasteiger partial charge in [0.05, 0.1) is 0 Å². The predicted molar refractivity (Wildman–Crippen MR) is 89.2 cm³/mol. The molecule has 3 N–H and O–H groups in total. The topological polar surface area (TPSA) is 107 Å². The van der Waals surface area contributed by atoms with Gasteiger partial charge in [0.25, 0.3) is 0 Å². The number of nitrogens with one attached hydrogen (secondary N) is 1. The molecule has 0 saturated heterocycles. The molecule has 9 heteroatoms. The lowest BCUT2D eigenvalue weighted by molar-refractivity contribution is -0.115. The summed E-state index contributed by atoms with van der Waals surface area (Å²) in [6.07, 6.45) is 0. The number of nitrogens with two attached hydrogens (primary N) is 1. The Bertz CT molecular complexity index is 802. The number of nitrogen functional groups attached to an aromatic ring is 1. The highest BCUT2D eigenvalue weighted by Crippen LogP contribution is 2.38. The first-order chi connectivity index (χ1) is 11.1. The lowest BCUT2D eigenvalue weighted by atomic mass is 10.1. The second-order valence-corrected chi connectivity index (χ2v) is 6.99. The zero-order chi connectivity index (χ0) is 16.2. The monoisotopic (exact) mass is 347 g/mol. The van der Waals surface area contributed by atoms with Crippen LogP contribution in [0.2, 0.25) is 0 Å². The van der Waals surface area contributed by atoms with Gasteiger partial charge in [-0.2, -0.15) is 0 Å². The zero-order valence-electron chi connectivity index (χ0n) is 12.1. The van der Waals surface area contributed by atoms with Gasteiger partial charge in [0.2, 0.25) is 11.0 Å². The van der Waals surface area contributed by atoms with Crippen molar-refractivity contribution >= 4 is 40.0 Å². The van der Waals surface area contributed by atoms with Crippen LogP contribution in [0.1, 0.15) is 16.6 Å². The number of amides is 1. The highest BCUT2D eigenvalue weighted by molar-refractivity contribution is 8.02. The molecule has 2 aromatic heterocycles. The summed E-state index contributed by atoms with van der Waals surface area (Å²) in [5.74, 6) is 0.787. The first-order valence-corrected chi connectivity index (χ1v) is 8.36. The Kier molecular flexibility index (Phi) is 4.58. The highest BCUT2D eigenvalue weighted by atomic mass is 32.2. The highest BCUT2D eigenvalue weighted by Gasteiger charge is 2.24. The molecular formula is C14H13N5O2S2. The molecule has 118 valence electrons. The summed E-state index contributed by atoms with van der Waals surface area (Å²) in [5, 5.41) is 14.1. The van der Waals surface area contributed by atoms with Crippen LogP contribution >= 0.6 is 23.1 Å². The number of aryl methyl sites for hydroxylation is 1. The molecule has 0 aliphatic heterocycles. The number of benzene rings is 1. The van der Waals surface area contributed by atoms with Gasteiger partial charge in [0, 0.05) is 6.07 Å². The average Bonchev–Trinajstić information content (AvgIpc) is 3.14. The molecule has 3 rings (SSSR count). The van der Waals surface area contributed by atoms with E-state index in [1.54, 1.807) is 13.0 Å². The molecule has 0 spiro atoms. The van der Waals surface area contributed by atoms with Crippen molar-refractivity contribution in [3.8, 4) is 0 Å². The zero-order valence-corrected chi connectivity index (χ0v) is 13.7. The van der Waals surface area contributed by atoms with Gasteiger partial charge < -0.3 is 15.6 Å². The number of hydrogen-bond acceptors (Lipinski definition) is 8. The van der Waals surface area contributed by atoms with Crippen molar-refractivity contribution in [2.24, 2.45) is 0 Å². The molecule has 0 unspecified atom stereocenters. The van der Waals surface area contributed by atoms with Crippen molar-refractivity contribution in [2.45, 2.75) is 16.5 Å². The maximum Gasteiger partial charge on any atom is 0.243 e. The second-order valence-electron chi connectivity index (χ2n) is 4.63. The first kappa shape index (κ1) is 15.5. The molecule has 1 atom stereocenters. The first-order valence-electron chi connectivity index (χ1n) is 6.66. The maximum atomic E-state index is 12.6. The number of rotatable bonds is 5. The summed E-state index contributed by atoms with van der Waals surface area (Å²) < 4.78 is 5.59. The molecular weight excluding hydrogens is 334 g/mol. The van der Waals surface area contributed by atoms with Gasteiger partial charge in [0.15, 0.2) is 10.2 Å². The van der Waals surface area contributed by atoms with Crippen LogP contribution in [0.5, 0.6) is 0 Å². The maximum absolute atomic E-state index is 12.6. The molecule has 0 aliphatic rings. The Morgan fingerprint density at radius 3 is 2.74 bits per heavy atom. The molecule has 1 aromatic carbocycles. The van der Waals surface area contributed by atoms with E-state index in [1.807, 2.05) is 30.3 Å². The van der Waals surface area contributed by atoms with Crippen LogP contribution in [0.15, 0.2) is 45.3 Å². The molecule has 1 amide bonds. The minimum Gasteiger partial charge on any atom is -0.374 e. The largest absolute Gasteiger partial charge is 0.374 e. The summed E-state index contributed by atoms with van der Waals surface area (Å²) in [4.78, 5) is 12.6. The minimum absolute atomic E-state index is 0.219. The molecule has 3 aromatic rings. The Morgan fingerprint density at radius 1 is 1.35 bits per heavy atom. The van der Waals surface area contributed by atoms with E-state index in [0.717, 1.165) is 5.56 Å². The van der Waals surface area contributed by atoms with E-state index < -0.39 is 5.25 Å². The van der Waals surface area contributed by atoms with E-state index in [9.17, 15) is 4.79 Å². The number of thioether (sulfide) groups is 1. The average molecular weight is 347 g/mol. The fourth-order valence-corrected chi connectivity index (χ4v) is 3.71. The number of nitrogens with zero attached hydrogens (tertiary/aromatic N) is 3. The number of anilines is 2. The van der Waals surface area contributed by atoms with E-state index in [2.05, 4.69) is 20.7 Å². The third kappa shape index (κ3) is 3.88. The van der Waals surface area contributed by atoms with Crippen LogP contribution in [0, 0.1) is 6.92 Å². The summed E-state index contributed by atoms with van der Waals surface area (Å²) in [5.41, 5.74) is 6.45. The predicted octanol–water partition coefficient (Wildman–Crippen LogP) is 2.89. The quantitative estimate of drug-likeness (QED) is 0.683. The normalized spacial score (nSPS) is 12.0. The fraction of sp³-hybridized carbons (Fsp3) is 0.143. The van der Waals surface area contributed by atoms with E-state index >= 15 is 0 Å². The van der Waals surface area contributed by atoms with Crippen LogP contribution in [0.4, 0.5) is 10.9 Å². The van der Waals surface area contributed by atoms with Gasteiger partial charge in [-0.15, -0.1) is 10.2 Å². The van der Waals surface area contributed by atoms with Crippen LogP contribution in [-0.4, -0.2) is 21.3 Å². The Hall–Kier alpha value is -2.39. The third-order valence-corrected chi connectivity index (χ3v) is 4.95. The second kappa shape index (κ2) is 6.80. The van der Waals surface area contributed by atoms with Crippen LogP contribution < -0.4 is 11.1 Å². The molecule has 2 heterocycles. The number of hydrogen-bond donors (Lipinski definition) is 2. The van der Waals surface area contributed by atoms with Crippen molar-refractivity contribution < 1.29 is 9.32 Å². The molecule has 0 bridgehead atoms. The standard InChI is InChI=1S/C14H13N5O2S2/c1-8-7-10(19-21-8)16-12(20)11(9-5-3-2-4-6-9)22-14-18-17-13(15)23-14/h2-7,11H,1H3,(H2,15,17)(H,16,19,20)/t11-/m0/s1. The van der Waals surface area contributed by atoms with Crippen LogP contribution in [0.25, 0.3) is 0 Å². The number of carbonyl (C=O) groups excluding carboxylic acids is 1. The molecule has 0 aliphatic carbocycles. The summed E-state index contributed by atoms with van der Waals surface area (Å²) in [7, 11) is 0. The third-order valence-electron chi connectivity index (χ3n) is 2.86. The van der Waals surface area contributed by atoms with Gasteiger partial charge in [0.1, 0.15) is 11.0 Å². The van der Waals surface area contributed by atoms with E-state index in [4.69, 9.17) is 10.3 Å². The lowest BCUT2D eigenvalue weighted by Crippen LogP contribution is -2.19. The Balaban J connectivity index is 1.83. The number of aromatic nitrogens is 3. The SMILES string of the molecule is Cc1cc(NC(=O)[C@@H](Sc2nnc(N)s2)c2ccccc2)no1. The molecule has 7 nitrogen and oxygen atoms in total. The fourth-order valence-electron chi connectivity index (χ4n) is 1.89. The van der Waals surface area contributed by atoms with Crippen molar-refractivity contribution in [3.63, 3.8) is 0 Å². The Labute approximate surface area is 140 Å². The molecule has 23 heavy (non-hydrogen) atoms. The number of carbonyl (C=O) groups is 1. The molecule has 0 radical (unpaired) electrons. The molecule has 0 saturated carbocycles. The van der Waals surface area contributed by atoms with E-state index in [-0.39, 0.29) is 5.91 Å². The Morgan fingerprint density at radius 2 is 2.13 bits per heavy atom. The van der Waals surface area contributed by atoms with E-state index in [0.29, 0.717) is 21.0 Å². The van der Waals surface area contributed by atoms with Crippen molar-refractivity contribution in [1.29, 1.82) is 0 Å². The summed E-state index contributed by atoms with van der Waals surface area (Å²) >= 11 is 2.53. The lowest BCUT2D eigenvalue weighted by Gasteiger charge is -2.14. The van der Waals surface area contributed by atoms with Crippen molar-refractivity contribution in [3.05, 3.63) is 47.7 Å². The van der Waals surface area contributed by atoms with Crippen LogP contribution in [-0.2, 0) is 4.79 Å².